The lowest BCUT2D eigenvalue weighted by Crippen LogP contribution is -2.43. The molecule has 48 heavy (non-hydrogen) atoms. The summed E-state index contributed by atoms with van der Waals surface area (Å²) in [6.07, 6.45) is 4.95. The van der Waals surface area contributed by atoms with E-state index in [2.05, 4.69) is 56.9 Å². The Morgan fingerprint density at radius 1 is 0.771 bits per heavy atom. The number of imidazole rings is 1. The highest BCUT2D eigenvalue weighted by Gasteiger charge is 2.34. The Balaban J connectivity index is 0.00000150. The predicted molar refractivity (Wildman–Crippen MR) is 201 cm³/mol. The second kappa shape index (κ2) is 14.1. The van der Waals surface area contributed by atoms with E-state index in [4.69, 9.17) is 15.7 Å². The Morgan fingerprint density at radius 3 is 2.23 bits per heavy atom. The lowest BCUT2D eigenvalue weighted by atomic mass is 9.72. The number of carbonyl (C=O) groups is 1. The monoisotopic (exact) mass is 697 g/mol. The van der Waals surface area contributed by atoms with Crippen LogP contribution in [0.2, 0.25) is 0 Å². The molecular formula is C37H34Cl3N7O. The first-order chi connectivity index (χ1) is 22.1. The Bertz CT molecular complexity index is 2060. The quantitative estimate of drug-likeness (QED) is 0.143. The topological polar surface area (TPSA) is 110 Å². The smallest absolute Gasteiger partial charge is 0.323 e. The van der Waals surface area contributed by atoms with Crippen LogP contribution in [0.15, 0.2) is 121 Å². The number of halogens is 3. The van der Waals surface area contributed by atoms with E-state index < -0.39 is 0 Å². The van der Waals surface area contributed by atoms with Crippen LogP contribution in [0.1, 0.15) is 24.8 Å². The van der Waals surface area contributed by atoms with Gasteiger partial charge in [-0.25, -0.2) is 14.8 Å². The summed E-state index contributed by atoms with van der Waals surface area (Å²) in [5, 5.41) is 9.40. The summed E-state index contributed by atoms with van der Waals surface area (Å²) in [5.74, 6) is 1.54. The minimum absolute atomic E-state index is 0. The maximum absolute atomic E-state index is 12.9. The molecule has 1 aliphatic heterocycles. The molecule has 2 amide bonds. The highest BCUT2D eigenvalue weighted by atomic mass is 35.5. The standard InChI is InChI=1S/C37H31N7O.3ClH/c38-37(20-8-21-37)26-18-16-24(17-19-26)33-32(25-9-6-12-28(23-25)41-36(45)40-27-10-2-1-3-11-27)43-35-29-13-4-5-14-30(29)42-34-31(44(33)35)15-7-22-39-34;;;/h1-7,9-19,22-23H,8,20-21,38H2,(H,39,42)(H2,40,41,45);3*1H. The second-order valence-electron chi connectivity index (χ2n) is 11.6. The van der Waals surface area contributed by atoms with Crippen LogP contribution in [-0.4, -0.2) is 20.6 Å². The number of nitrogens with zero attached hydrogens (tertiary/aromatic N) is 3. The van der Waals surface area contributed by atoms with E-state index in [1.807, 2.05) is 78.9 Å². The summed E-state index contributed by atoms with van der Waals surface area (Å²) in [6.45, 7) is 0. The molecular weight excluding hydrogens is 665 g/mol. The van der Waals surface area contributed by atoms with Crippen molar-refractivity contribution in [1.82, 2.24) is 14.5 Å². The molecule has 3 heterocycles. The molecule has 4 aromatic carbocycles. The molecule has 0 unspecified atom stereocenters. The SMILES string of the molecule is Cl.Cl.Cl.NC1(c2ccc(-c3c(-c4cccc(NC(=O)Nc5ccccc5)c4)nc4n3-c3cccnc3Nc3ccccc3-4)cc2)CCC1. The Morgan fingerprint density at radius 2 is 1.48 bits per heavy atom. The molecule has 6 aromatic rings. The molecule has 2 aromatic heterocycles. The van der Waals surface area contributed by atoms with Crippen molar-refractivity contribution < 1.29 is 4.79 Å². The number of amides is 2. The molecule has 2 aliphatic rings. The van der Waals surface area contributed by atoms with Crippen molar-refractivity contribution in [3.63, 3.8) is 0 Å². The van der Waals surface area contributed by atoms with Gasteiger partial charge in [0.2, 0.25) is 0 Å². The third kappa shape index (κ3) is 6.23. The average Bonchev–Trinajstić information content (AvgIpc) is 3.39. The predicted octanol–water partition coefficient (Wildman–Crippen LogP) is 9.57. The van der Waals surface area contributed by atoms with Gasteiger partial charge in [0.1, 0.15) is 5.82 Å². The first kappa shape index (κ1) is 34.5. The summed E-state index contributed by atoms with van der Waals surface area (Å²) >= 11 is 0. The minimum Gasteiger partial charge on any atom is -0.338 e. The van der Waals surface area contributed by atoms with Crippen molar-refractivity contribution in [2.75, 3.05) is 16.0 Å². The molecule has 1 saturated carbocycles. The lowest BCUT2D eigenvalue weighted by Gasteiger charge is -2.38. The maximum atomic E-state index is 12.9. The largest absolute Gasteiger partial charge is 0.338 e. The number of para-hydroxylation sites is 2. The number of aromatic nitrogens is 3. The maximum Gasteiger partial charge on any atom is 0.323 e. The van der Waals surface area contributed by atoms with Crippen LogP contribution in [0.5, 0.6) is 0 Å². The van der Waals surface area contributed by atoms with Crippen molar-refractivity contribution in [1.29, 1.82) is 0 Å². The van der Waals surface area contributed by atoms with Gasteiger partial charge in [0, 0.05) is 39.8 Å². The minimum atomic E-state index is -0.318. The van der Waals surface area contributed by atoms with E-state index in [-0.39, 0.29) is 48.8 Å². The van der Waals surface area contributed by atoms with Crippen LogP contribution in [0.3, 0.4) is 0 Å². The number of rotatable bonds is 5. The number of hydrogen-bond acceptors (Lipinski definition) is 5. The highest BCUT2D eigenvalue weighted by Crippen LogP contribution is 2.45. The van der Waals surface area contributed by atoms with Crippen molar-refractivity contribution in [2.45, 2.75) is 24.8 Å². The third-order valence-electron chi connectivity index (χ3n) is 8.73. The lowest BCUT2D eigenvalue weighted by molar-refractivity contribution is 0.253. The van der Waals surface area contributed by atoms with E-state index in [1.54, 1.807) is 6.20 Å². The first-order valence-electron chi connectivity index (χ1n) is 15.1. The molecule has 5 N–H and O–H groups in total. The fraction of sp³-hybridized carbons (Fsp3) is 0.108. The number of anilines is 4. The highest BCUT2D eigenvalue weighted by molar-refractivity contribution is 6.00. The van der Waals surface area contributed by atoms with Crippen LogP contribution in [0, 0.1) is 0 Å². The zero-order chi connectivity index (χ0) is 30.4. The number of benzene rings is 4. The van der Waals surface area contributed by atoms with E-state index >= 15 is 0 Å². The summed E-state index contributed by atoms with van der Waals surface area (Å²) in [5.41, 5.74) is 15.4. The van der Waals surface area contributed by atoms with Crippen LogP contribution in [0.25, 0.3) is 39.6 Å². The van der Waals surface area contributed by atoms with Crippen molar-refractivity contribution in [2.24, 2.45) is 5.73 Å². The Labute approximate surface area is 297 Å². The van der Waals surface area contributed by atoms with Gasteiger partial charge >= 0.3 is 6.03 Å². The van der Waals surface area contributed by atoms with Crippen molar-refractivity contribution in [3.8, 4) is 39.6 Å². The first-order valence-corrected chi connectivity index (χ1v) is 15.1. The number of urea groups is 1. The van der Waals surface area contributed by atoms with Crippen LogP contribution in [-0.2, 0) is 5.54 Å². The zero-order valence-electron chi connectivity index (χ0n) is 25.7. The van der Waals surface area contributed by atoms with E-state index in [0.29, 0.717) is 5.69 Å². The van der Waals surface area contributed by atoms with Gasteiger partial charge < -0.3 is 21.7 Å². The zero-order valence-corrected chi connectivity index (χ0v) is 28.2. The van der Waals surface area contributed by atoms with Crippen molar-refractivity contribution >= 4 is 66.1 Å². The van der Waals surface area contributed by atoms with Crippen LogP contribution in [0.4, 0.5) is 27.7 Å². The fourth-order valence-electron chi connectivity index (χ4n) is 6.26. The van der Waals surface area contributed by atoms with E-state index in [1.165, 1.54) is 0 Å². The van der Waals surface area contributed by atoms with Gasteiger partial charge in [-0.2, -0.15) is 0 Å². The Hall–Kier alpha value is -4.86. The van der Waals surface area contributed by atoms with Gasteiger partial charge in [-0.1, -0.05) is 66.7 Å². The number of nitrogens with two attached hydrogens (primary N) is 1. The molecule has 8 nitrogen and oxygen atoms in total. The fourth-order valence-corrected chi connectivity index (χ4v) is 6.26. The molecule has 0 saturated heterocycles. The van der Waals surface area contributed by atoms with Gasteiger partial charge in [0.25, 0.3) is 0 Å². The molecule has 1 aliphatic carbocycles. The van der Waals surface area contributed by atoms with Crippen LogP contribution < -0.4 is 21.7 Å². The van der Waals surface area contributed by atoms with Crippen molar-refractivity contribution in [3.05, 3.63) is 127 Å². The molecule has 244 valence electrons. The number of pyridine rings is 1. The van der Waals surface area contributed by atoms with Gasteiger partial charge in [0.15, 0.2) is 5.82 Å². The van der Waals surface area contributed by atoms with Gasteiger partial charge in [-0.15, -0.1) is 37.2 Å². The number of nitrogens with one attached hydrogen (secondary N) is 3. The van der Waals surface area contributed by atoms with Gasteiger partial charge in [0.05, 0.1) is 22.8 Å². The molecule has 8 rings (SSSR count). The van der Waals surface area contributed by atoms with Crippen LogP contribution >= 0.6 is 37.2 Å². The summed E-state index contributed by atoms with van der Waals surface area (Å²) < 4.78 is 2.19. The molecule has 11 heteroatoms. The molecule has 0 atom stereocenters. The summed E-state index contributed by atoms with van der Waals surface area (Å²) in [4.78, 5) is 22.9. The normalized spacial score (nSPS) is 13.2. The summed E-state index contributed by atoms with van der Waals surface area (Å²) in [6, 6.07) is 37.6. The van der Waals surface area contributed by atoms with Gasteiger partial charge in [-0.3, -0.25) is 4.57 Å². The molecule has 0 radical (unpaired) electrons. The molecule has 0 bridgehead atoms. The van der Waals surface area contributed by atoms with E-state index in [0.717, 1.165) is 81.6 Å². The average molecular weight is 699 g/mol. The van der Waals surface area contributed by atoms with E-state index in [9.17, 15) is 4.79 Å². The number of hydrogen-bond donors (Lipinski definition) is 4. The Kier molecular flexibility index (Phi) is 10.1. The molecule has 1 fully saturated rings. The number of carbonyl (C=O) groups excluding carboxylic acids is 1. The summed E-state index contributed by atoms with van der Waals surface area (Å²) in [7, 11) is 0. The van der Waals surface area contributed by atoms with Gasteiger partial charge in [-0.05, 0) is 73.4 Å². The molecule has 0 spiro atoms. The number of fused-ring (bicyclic) bond motifs is 5. The third-order valence-corrected chi connectivity index (χ3v) is 8.73. The second-order valence-corrected chi connectivity index (χ2v) is 11.6.